The molecular formula is C16H19N3O2. The first kappa shape index (κ1) is 13.8. The zero-order valence-corrected chi connectivity index (χ0v) is 12.6. The SMILES string of the molecule is COc1ccc(-c2nc(C)c3c(n2)CCNC3)cc1OC. The summed E-state index contributed by atoms with van der Waals surface area (Å²) >= 11 is 0. The highest BCUT2D eigenvalue weighted by Gasteiger charge is 2.16. The highest BCUT2D eigenvalue weighted by Crippen LogP contribution is 2.31. The van der Waals surface area contributed by atoms with E-state index in [9.17, 15) is 0 Å². The first-order chi connectivity index (χ1) is 10.2. The number of aryl methyl sites for hydroxylation is 1. The summed E-state index contributed by atoms with van der Waals surface area (Å²) in [5.41, 5.74) is 4.35. The normalized spacial score (nSPS) is 13.7. The molecule has 0 bridgehead atoms. The predicted octanol–water partition coefficient (Wildman–Crippen LogP) is 2.11. The molecular weight excluding hydrogens is 266 g/mol. The third-order valence-corrected chi connectivity index (χ3v) is 3.78. The number of rotatable bonds is 3. The van der Waals surface area contributed by atoms with Crippen molar-refractivity contribution in [2.75, 3.05) is 20.8 Å². The van der Waals surface area contributed by atoms with Gasteiger partial charge in [0.05, 0.1) is 19.9 Å². The highest BCUT2D eigenvalue weighted by atomic mass is 16.5. The fourth-order valence-corrected chi connectivity index (χ4v) is 2.62. The predicted molar refractivity (Wildman–Crippen MR) is 80.7 cm³/mol. The van der Waals surface area contributed by atoms with Crippen LogP contribution >= 0.6 is 0 Å². The number of ether oxygens (including phenoxy) is 2. The maximum absolute atomic E-state index is 5.35. The first-order valence-corrected chi connectivity index (χ1v) is 7.02. The van der Waals surface area contributed by atoms with Crippen molar-refractivity contribution in [1.82, 2.24) is 15.3 Å². The summed E-state index contributed by atoms with van der Waals surface area (Å²) in [6, 6.07) is 5.76. The van der Waals surface area contributed by atoms with Gasteiger partial charge in [0.15, 0.2) is 17.3 Å². The van der Waals surface area contributed by atoms with Crippen LogP contribution in [0.25, 0.3) is 11.4 Å². The van der Waals surface area contributed by atoms with E-state index in [1.54, 1.807) is 14.2 Å². The minimum Gasteiger partial charge on any atom is -0.493 e. The Balaban J connectivity index is 2.06. The largest absolute Gasteiger partial charge is 0.493 e. The molecule has 2 heterocycles. The van der Waals surface area contributed by atoms with Crippen molar-refractivity contribution in [3.05, 3.63) is 35.2 Å². The molecule has 1 N–H and O–H groups in total. The number of hydrogen-bond donors (Lipinski definition) is 1. The van der Waals surface area contributed by atoms with Gasteiger partial charge in [-0.3, -0.25) is 0 Å². The van der Waals surface area contributed by atoms with E-state index in [0.717, 1.165) is 42.3 Å². The van der Waals surface area contributed by atoms with Gasteiger partial charge in [-0.2, -0.15) is 0 Å². The van der Waals surface area contributed by atoms with Crippen molar-refractivity contribution in [1.29, 1.82) is 0 Å². The molecule has 0 amide bonds. The fraction of sp³-hybridized carbons (Fsp3) is 0.375. The molecule has 3 rings (SSSR count). The monoisotopic (exact) mass is 285 g/mol. The van der Waals surface area contributed by atoms with Gasteiger partial charge in [-0.15, -0.1) is 0 Å². The van der Waals surface area contributed by atoms with Crippen molar-refractivity contribution >= 4 is 0 Å². The third-order valence-electron chi connectivity index (χ3n) is 3.78. The number of hydrogen-bond acceptors (Lipinski definition) is 5. The molecule has 1 aliphatic rings. The topological polar surface area (TPSA) is 56.3 Å². The first-order valence-electron chi connectivity index (χ1n) is 7.02. The van der Waals surface area contributed by atoms with E-state index in [1.165, 1.54) is 5.56 Å². The summed E-state index contributed by atoms with van der Waals surface area (Å²) in [6.45, 7) is 3.86. The Bertz CT molecular complexity index is 671. The molecule has 0 spiro atoms. The van der Waals surface area contributed by atoms with Gasteiger partial charge in [0.1, 0.15) is 0 Å². The van der Waals surface area contributed by atoms with Crippen LogP contribution in [0.4, 0.5) is 0 Å². The second kappa shape index (κ2) is 5.69. The number of nitrogens with one attached hydrogen (secondary N) is 1. The van der Waals surface area contributed by atoms with Gasteiger partial charge in [0.2, 0.25) is 0 Å². The van der Waals surface area contributed by atoms with E-state index in [1.807, 2.05) is 25.1 Å². The van der Waals surface area contributed by atoms with Crippen molar-refractivity contribution in [3.8, 4) is 22.9 Å². The van der Waals surface area contributed by atoms with E-state index < -0.39 is 0 Å². The summed E-state index contributed by atoms with van der Waals surface area (Å²) in [6.07, 6.45) is 0.943. The molecule has 2 aromatic rings. The Morgan fingerprint density at radius 1 is 1.10 bits per heavy atom. The second-order valence-corrected chi connectivity index (χ2v) is 5.05. The van der Waals surface area contributed by atoms with Crippen LogP contribution in [-0.2, 0) is 13.0 Å². The third kappa shape index (κ3) is 2.56. The number of fused-ring (bicyclic) bond motifs is 1. The second-order valence-electron chi connectivity index (χ2n) is 5.05. The van der Waals surface area contributed by atoms with Crippen LogP contribution in [0.1, 0.15) is 17.0 Å². The summed E-state index contributed by atoms with van der Waals surface area (Å²) in [5, 5.41) is 3.36. The van der Waals surface area contributed by atoms with Crippen molar-refractivity contribution in [2.45, 2.75) is 19.9 Å². The van der Waals surface area contributed by atoms with Gasteiger partial charge in [-0.1, -0.05) is 0 Å². The van der Waals surface area contributed by atoms with Crippen molar-refractivity contribution in [2.24, 2.45) is 0 Å². The van der Waals surface area contributed by atoms with E-state index >= 15 is 0 Å². The molecule has 1 aromatic heterocycles. The molecule has 1 aromatic carbocycles. The van der Waals surface area contributed by atoms with Crippen LogP contribution < -0.4 is 14.8 Å². The molecule has 0 aliphatic carbocycles. The van der Waals surface area contributed by atoms with Gasteiger partial charge in [-0.25, -0.2) is 9.97 Å². The summed E-state index contributed by atoms with van der Waals surface area (Å²) in [5.74, 6) is 2.14. The Morgan fingerprint density at radius 3 is 2.67 bits per heavy atom. The van der Waals surface area contributed by atoms with E-state index in [2.05, 4.69) is 10.3 Å². The summed E-state index contributed by atoms with van der Waals surface area (Å²) < 4.78 is 10.6. The average Bonchev–Trinajstić information content (AvgIpc) is 2.54. The number of nitrogens with zero attached hydrogens (tertiary/aromatic N) is 2. The Labute approximate surface area is 124 Å². The molecule has 21 heavy (non-hydrogen) atoms. The van der Waals surface area contributed by atoms with E-state index in [-0.39, 0.29) is 0 Å². The molecule has 0 radical (unpaired) electrons. The smallest absolute Gasteiger partial charge is 0.161 e. The van der Waals surface area contributed by atoms with Crippen LogP contribution in [0.2, 0.25) is 0 Å². The van der Waals surface area contributed by atoms with Gasteiger partial charge >= 0.3 is 0 Å². The number of methoxy groups -OCH3 is 2. The van der Waals surface area contributed by atoms with Gasteiger partial charge < -0.3 is 14.8 Å². The highest BCUT2D eigenvalue weighted by molar-refractivity contribution is 5.61. The summed E-state index contributed by atoms with van der Waals surface area (Å²) in [4.78, 5) is 9.37. The zero-order chi connectivity index (χ0) is 14.8. The van der Waals surface area contributed by atoms with Crippen molar-refractivity contribution in [3.63, 3.8) is 0 Å². The number of aromatic nitrogens is 2. The zero-order valence-electron chi connectivity index (χ0n) is 12.6. The minimum absolute atomic E-state index is 0.690. The minimum atomic E-state index is 0.690. The molecule has 0 unspecified atom stereocenters. The number of benzene rings is 1. The molecule has 1 aliphatic heterocycles. The Kier molecular flexibility index (Phi) is 3.75. The average molecular weight is 285 g/mol. The van der Waals surface area contributed by atoms with Crippen LogP contribution in [0.3, 0.4) is 0 Å². The lowest BCUT2D eigenvalue weighted by Crippen LogP contribution is -2.26. The Hall–Kier alpha value is -2.14. The molecule has 0 saturated heterocycles. The van der Waals surface area contributed by atoms with Crippen LogP contribution in [0, 0.1) is 6.92 Å². The van der Waals surface area contributed by atoms with Gasteiger partial charge in [0, 0.05) is 36.3 Å². The quantitative estimate of drug-likeness (QED) is 0.936. The Morgan fingerprint density at radius 2 is 1.90 bits per heavy atom. The standard InChI is InChI=1S/C16H19N3O2/c1-10-12-9-17-7-6-13(12)19-16(18-10)11-4-5-14(20-2)15(8-11)21-3/h4-5,8,17H,6-7,9H2,1-3H3. The molecule has 0 atom stereocenters. The lowest BCUT2D eigenvalue weighted by atomic mass is 10.0. The lowest BCUT2D eigenvalue weighted by molar-refractivity contribution is 0.355. The van der Waals surface area contributed by atoms with Crippen molar-refractivity contribution < 1.29 is 9.47 Å². The molecule has 0 fully saturated rings. The fourth-order valence-electron chi connectivity index (χ4n) is 2.62. The molecule has 110 valence electrons. The lowest BCUT2D eigenvalue weighted by Gasteiger charge is -2.19. The maximum Gasteiger partial charge on any atom is 0.161 e. The molecule has 5 nitrogen and oxygen atoms in total. The van der Waals surface area contributed by atoms with Crippen LogP contribution in [0.5, 0.6) is 11.5 Å². The molecule has 5 heteroatoms. The van der Waals surface area contributed by atoms with Gasteiger partial charge in [0.25, 0.3) is 0 Å². The maximum atomic E-state index is 5.35. The van der Waals surface area contributed by atoms with Crippen LogP contribution in [0.15, 0.2) is 18.2 Å². The molecule has 0 saturated carbocycles. The van der Waals surface area contributed by atoms with E-state index in [0.29, 0.717) is 11.5 Å². The summed E-state index contributed by atoms with van der Waals surface area (Å²) in [7, 11) is 3.26. The van der Waals surface area contributed by atoms with Gasteiger partial charge in [-0.05, 0) is 25.1 Å². The van der Waals surface area contributed by atoms with E-state index in [4.69, 9.17) is 14.5 Å². The van der Waals surface area contributed by atoms with Crippen LogP contribution in [-0.4, -0.2) is 30.7 Å².